The molecule has 3 heterocycles. The Kier molecular flexibility index (Phi) is 2.59. The molecule has 1 N–H and O–H groups in total. The zero-order valence-electron chi connectivity index (χ0n) is 11.6. The van der Waals surface area contributed by atoms with Gasteiger partial charge in [-0.25, -0.2) is 4.79 Å². The van der Waals surface area contributed by atoms with Crippen LogP contribution in [0.1, 0.15) is 27.2 Å². The summed E-state index contributed by atoms with van der Waals surface area (Å²) in [7, 11) is 0. The fourth-order valence-corrected chi connectivity index (χ4v) is 2.55. The Morgan fingerprint density at radius 1 is 1.14 bits per heavy atom. The summed E-state index contributed by atoms with van der Waals surface area (Å²) in [6, 6.07) is 7.13. The summed E-state index contributed by atoms with van der Waals surface area (Å²) in [6.07, 6.45) is 1.70. The second-order valence-corrected chi connectivity index (χ2v) is 5.08. The molecule has 0 saturated heterocycles. The lowest BCUT2D eigenvalue weighted by Crippen LogP contribution is -2.16. The lowest BCUT2D eigenvalue weighted by molar-refractivity contribution is 0.0715. The van der Waals surface area contributed by atoms with Crippen molar-refractivity contribution in [2.45, 2.75) is 6.92 Å². The summed E-state index contributed by atoms with van der Waals surface area (Å²) in [6.45, 7) is 1.95. The molecule has 1 aromatic heterocycles. The smallest absolute Gasteiger partial charge is 0.349 e. The van der Waals surface area contributed by atoms with Crippen molar-refractivity contribution in [1.29, 1.82) is 0 Å². The summed E-state index contributed by atoms with van der Waals surface area (Å²) >= 11 is 0. The molecular weight excluding hydrogens is 286 g/mol. The van der Waals surface area contributed by atoms with Crippen LogP contribution in [0.5, 0.6) is 11.5 Å². The number of hydrogen-bond donors (Lipinski definition) is 1. The van der Waals surface area contributed by atoms with E-state index in [9.17, 15) is 9.59 Å². The van der Waals surface area contributed by atoms with Gasteiger partial charge in [0.05, 0.1) is 0 Å². The fraction of sp³-hybridized carbons (Fsp3) is 0.125. The van der Waals surface area contributed by atoms with E-state index in [-0.39, 0.29) is 12.4 Å². The highest BCUT2D eigenvalue weighted by Crippen LogP contribution is 2.35. The van der Waals surface area contributed by atoms with Gasteiger partial charge in [0, 0.05) is 11.3 Å². The molecule has 1 aromatic carbocycles. The lowest BCUT2D eigenvalue weighted by atomic mass is 10.1. The van der Waals surface area contributed by atoms with Crippen LogP contribution in [0.15, 0.2) is 29.1 Å². The number of nitrogens with one attached hydrogen (secondary N) is 1. The number of benzene rings is 1. The van der Waals surface area contributed by atoms with Gasteiger partial charge < -0.3 is 19.2 Å². The van der Waals surface area contributed by atoms with Gasteiger partial charge >= 0.3 is 5.97 Å². The van der Waals surface area contributed by atoms with Crippen molar-refractivity contribution in [2.24, 2.45) is 0 Å². The molecule has 0 spiro atoms. The summed E-state index contributed by atoms with van der Waals surface area (Å²) in [4.78, 5) is 26.3. The Morgan fingerprint density at radius 3 is 2.82 bits per heavy atom. The van der Waals surface area contributed by atoms with Crippen molar-refractivity contribution in [3.05, 3.63) is 57.0 Å². The van der Waals surface area contributed by atoms with Crippen LogP contribution >= 0.6 is 0 Å². The maximum atomic E-state index is 11.9. The number of carbonyl (C=O) groups is 1. The first-order chi connectivity index (χ1) is 10.6. The van der Waals surface area contributed by atoms with Crippen molar-refractivity contribution >= 4 is 17.8 Å². The topological polar surface area (TPSA) is 77.6 Å². The van der Waals surface area contributed by atoms with Gasteiger partial charge in [-0.05, 0) is 36.8 Å². The van der Waals surface area contributed by atoms with E-state index in [0.717, 1.165) is 5.56 Å². The SMILES string of the molecule is Cc1cc2c(c(=O)[nH]1)C(=O)O/C2=C\c1ccc2c(c1)OCO2. The summed E-state index contributed by atoms with van der Waals surface area (Å²) in [5, 5.41) is 0. The number of esters is 1. The number of pyridine rings is 1. The molecule has 0 bridgehead atoms. The molecule has 0 fully saturated rings. The largest absolute Gasteiger partial charge is 0.454 e. The molecule has 110 valence electrons. The minimum absolute atomic E-state index is 0.0394. The fourth-order valence-electron chi connectivity index (χ4n) is 2.55. The van der Waals surface area contributed by atoms with Gasteiger partial charge in [-0.15, -0.1) is 0 Å². The second kappa shape index (κ2) is 4.49. The number of aryl methyl sites for hydroxylation is 1. The third-order valence-corrected chi connectivity index (χ3v) is 3.53. The minimum Gasteiger partial charge on any atom is -0.454 e. The number of carbonyl (C=O) groups excluding carboxylic acids is 1. The van der Waals surface area contributed by atoms with Gasteiger partial charge in [0.25, 0.3) is 5.56 Å². The minimum atomic E-state index is -0.636. The molecule has 0 amide bonds. The molecule has 0 radical (unpaired) electrons. The van der Waals surface area contributed by atoms with E-state index in [0.29, 0.717) is 28.5 Å². The van der Waals surface area contributed by atoms with Crippen LogP contribution in [0.25, 0.3) is 11.8 Å². The van der Waals surface area contributed by atoms with E-state index in [2.05, 4.69) is 4.98 Å². The molecule has 0 saturated carbocycles. The van der Waals surface area contributed by atoms with Crippen LogP contribution in [0.2, 0.25) is 0 Å². The predicted molar refractivity (Wildman–Crippen MR) is 77.7 cm³/mol. The van der Waals surface area contributed by atoms with Gasteiger partial charge in [0.2, 0.25) is 6.79 Å². The first kappa shape index (κ1) is 12.7. The zero-order chi connectivity index (χ0) is 15.3. The van der Waals surface area contributed by atoms with Gasteiger partial charge in [0.15, 0.2) is 11.5 Å². The Labute approximate surface area is 124 Å². The second-order valence-electron chi connectivity index (χ2n) is 5.08. The highest BCUT2D eigenvalue weighted by atomic mass is 16.7. The van der Waals surface area contributed by atoms with Crippen LogP contribution in [0.4, 0.5) is 0 Å². The monoisotopic (exact) mass is 297 g/mol. The molecule has 22 heavy (non-hydrogen) atoms. The first-order valence-corrected chi connectivity index (χ1v) is 6.69. The quantitative estimate of drug-likeness (QED) is 0.815. The molecular formula is C16H11NO5. The van der Waals surface area contributed by atoms with Crippen LogP contribution in [0, 0.1) is 6.92 Å². The van der Waals surface area contributed by atoms with E-state index >= 15 is 0 Å². The van der Waals surface area contributed by atoms with Crippen LogP contribution in [0.3, 0.4) is 0 Å². The third kappa shape index (κ3) is 1.88. The van der Waals surface area contributed by atoms with Crippen molar-refractivity contribution in [2.75, 3.05) is 6.79 Å². The van der Waals surface area contributed by atoms with E-state index in [1.54, 1.807) is 31.2 Å². The van der Waals surface area contributed by atoms with Crippen LogP contribution in [-0.2, 0) is 4.74 Å². The molecule has 0 aliphatic carbocycles. The van der Waals surface area contributed by atoms with Crippen molar-refractivity contribution in [3.8, 4) is 11.5 Å². The molecule has 0 unspecified atom stereocenters. The number of aromatic nitrogens is 1. The Hall–Kier alpha value is -3.02. The molecule has 6 heteroatoms. The molecule has 2 aliphatic rings. The Morgan fingerprint density at radius 2 is 1.95 bits per heavy atom. The number of hydrogen-bond acceptors (Lipinski definition) is 5. The maximum absolute atomic E-state index is 11.9. The predicted octanol–water partition coefficient (Wildman–Crippen LogP) is 2.08. The van der Waals surface area contributed by atoms with E-state index in [1.165, 1.54) is 0 Å². The normalized spacial score (nSPS) is 16.8. The molecule has 0 atom stereocenters. The zero-order valence-corrected chi connectivity index (χ0v) is 11.6. The molecule has 2 aliphatic heterocycles. The molecule has 2 aromatic rings. The van der Waals surface area contributed by atoms with Gasteiger partial charge in [0.1, 0.15) is 11.3 Å². The van der Waals surface area contributed by atoms with Gasteiger partial charge in [-0.3, -0.25) is 4.79 Å². The summed E-state index contributed by atoms with van der Waals surface area (Å²) in [5.74, 6) is 1.04. The summed E-state index contributed by atoms with van der Waals surface area (Å²) in [5.41, 5.74) is 1.56. The Bertz CT molecular complexity index is 894. The highest BCUT2D eigenvalue weighted by Gasteiger charge is 2.30. The number of cyclic esters (lactones) is 1. The standard InChI is InChI=1S/C16H11NO5/c1-8-4-10-12(22-16(19)14(10)15(18)17-8)5-9-2-3-11-13(6-9)21-7-20-11/h2-6H,7H2,1H3,(H,17,18)/b12-5-. The average molecular weight is 297 g/mol. The number of ether oxygens (including phenoxy) is 3. The molecule has 6 nitrogen and oxygen atoms in total. The van der Waals surface area contributed by atoms with Crippen LogP contribution < -0.4 is 15.0 Å². The average Bonchev–Trinajstić information content (AvgIpc) is 3.03. The van der Waals surface area contributed by atoms with Crippen molar-refractivity contribution in [1.82, 2.24) is 4.98 Å². The molecule has 4 rings (SSSR count). The van der Waals surface area contributed by atoms with E-state index in [1.807, 2.05) is 6.07 Å². The van der Waals surface area contributed by atoms with Crippen LogP contribution in [-0.4, -0.2) is 17.7 Å². The van der Waals surface area contributed by atoms with Crippen molar-refractivity contribution < 1.29 is 19.0 Å². The number of H-pyrrole nitrogens is 1. The van der Waals surface area contributed by atoms with E-state index in [4.69, 9.17) is 14.2 Å². The van der Waals surface area contributed by atoms with Gasteiger partial charge in [-0.1, -0.05) is 6.07 Å². The maximum Gasteiger partial charge on any atom is 0.349 e. The number of aromatic amines is 1. The third-order valence-electron chi connectivity index (χ3n) is 3.53. The van der Waals surface area contributed by atoms with Gasteiger partial charge in [-0.2, -0.15) is 0 Å². The van der Waals surface area contributed by atoms with Crippen molar-refractivity contribution in [3.63, 3.8) is 0 Å². The lowest BCUT2D eigenvalue weighted by Gasteiger charge is -2.01. The highest BCUT2D eigenvalue weighted by molar-refractivity contribution is 6.05. The number of rotatable bonds is 1. The number of fused-ring (bicyclic) bond motifs is 2. The summed E-state index contributed by atoms with van der Waals surface area (Å²) < 4.78 is 15.8. The Balaban J connectivity index is 1.82. The van der Waals surface area contributed by atoms with E-state index < -0.39 is 11.5 Å². The first-order valence-electron chi connectivity index (χ1n) is 6.69.